The van der Waals surface area contributed by atoms with E-state index in [1.807, 2.05) is 31.2 Å². The highest BCUT2D eigenvalue weighted by molar-refractivity contribution is 7.89. The number of carbonyl (C=O) groups excluding carboxylic acids is 1. The molecule has 0 atom stereocenters. The highest BCUT2D eigenvalue weighted by Crippen LogP contribution is 2.24. The molecule has 1 amide bonds. The van der Waals surface area contributed by atoms with E-state index in [0.717, 1.165) is 11.3 Å². The van der Waals surface area contributed by atoms with Crippen LogP contribution in [0, 0.1) is 5.92 Å². The number of ether oxygens (including phenoxy) is 1. The summed E-state index contributed by atoms with van der Waals surface area (Å²) in [7, 11) is -3.54. The van der Waals surface area contributed by atoms with Crippen molar-refractivity contribution in [1.29, 1.82) is 0 Å². The largest absolute Gasteiger partial charge is 0.494 e. The minimum absolute atomic E-state index is 0.116. The van der Waals surface area contributed by atoms with E-state index in [0.29, 0.717) is 44.3 Å². The van der Waals surface area contributed by atoms with Crippen molar-refractivity contribution in [3.63, 3.8) is 0 Å². The molecule has 9 nitrogen and oxygen atoms in total. The lowest BCUT2D eigenvalue weighted by molar-refractivity contribution is -0.126. The second-order valence-electron chi connectivity index (χ2n) is 7.68. The second kappa shape index (κ2) is 10.1. The summed E-state index contributed by atoms with van der Waals surface area (Å²) < 4.78 is 37.6. The first kappa shape index (κ1) is 22.9. The van der Waals surface area contributed by atoms with Crippen LogP contribution >= 0.6 is 0 Å². The van der Waals surface area contributed by atoms with Crippen LogP contribution in [-0.4, -0.2) is 48.5 Å². The van der Waals surface area contributed by atoms with Gasteiger partial charge in [0.2, 0.25) is 27.6 Å². The van der Waals surface area contributed by atoms with Crippen LogP contribution in [0.2, 0.25) is 0 Å². The first-order chi connectivity index (χ1) is 16.0. The fraction of sp³-hybridized carbons (Fsp3) is 0.348. The highest BCUT2D eigenvalue weighted by atomic mass is 32.2. The molecular formula is C23H26N4O5S. The number of nitrogens with zero attached hydrogens (tertiary/aromatic N) is 3. The van der Waals surface area contributed by atoms with Crippen LogP contribution < -0.4 is 10.1 Å². The molecule has 1 N–H and O–H groups in total. The zero-order valence-corrected chi connectivity index (χ0v) is 19.1. The summed E-state index contributed by atoms with van der Waals surface area (Å²) >= 11 is 0. The molecule has 3 aromatic rings. The predicted octanol–water partition coefficient (Wildman–Crippen LogP) is 2.85. The smallest absolute Gasteiger partial charge is 0.246 e. The molecule has 0 radical (unpaired) electrons. The van der Waals surface area contributed by atoms with Crippen molar-refractivity contribution in [2.45, 2.75) is 31.2 Å². The molecule has 2 heterocycles. The van der Waals surface area contributed by atoms with Gasteiger partial charge < -0.3 is 14.6 Å². The molecule has 4 rings (SSSR count). The molecule has 1 fully saturated rings. The predicted molar refractivity (Wildman–Crippen MR) is 121 cm³/mol. The van der Waals surface area contributed by atoms with Gasteiger partial charge in [0.05, 0.1) is 18.0 Å². The Morgan fingerprint density at radius 3 is 2.48 bits per heavy atom. The SMILES string of the molecule is CCOc1ccc(-c2noc(CNC(=O)C3CCN(S(=O)(=O)c4ccccc4)CC3)n2)cc1. The van der Waals surface area contributed by atoms with Crippen molar-refractivity contribution >= 4 is 15.9 Å². The van der Waals surface area contributed by atoms with Crippen molar-refractivity contribution in [3.05, 3.63) is 60.5 Å². The molecule has 1 aromatic heterocycles. The summed E-state index contributed by atoms with van der Waals surface area (Å²) in [5.74, 6) is 1.09. The van der Waals surface area contributed by atoms with Crippen molar-refractivity contribution in [2.75, 3.05) is 19.7 Å². The van der Waals surface area contributed by atoms with E-state index in [-0.39, 0.29) is 23.3 Å². The van der Waals surface area contributed by atoms with Crippen LogP contribution in [0.15, 0.2) is 64.0 Å². The highest BCUT2D eigenvalue weighted by Gasteiger charge is 2.32. The normalized spacial score (nSPS) is 15.3. The van der Waals surface area contributed by atoms with Crippen LogP contribution in [0.1, 0.15) is 25.7 Å². The monoisotopic (exact) mass is 470 g/mol. The molecule has 1 aliphatic rings. The van der Waals surface area contributed by atoms with Gasteiger partial charge in [0.25, 0.3) is 0 Å². The van der Waals surface area contributed by atoms with Gasteiger partial charge in [-0.05, 0) is 56.2 Å². The molecule has 0 unspecified atom stereocenters. The minimum atomic E-state index is -3.54. The van der Waals surface area contributed by atoms with Crippen molar-refractivity contribution in [2.24, 2.45) is 5.92 Å². The van der Waals surface area contributed by atoms with Gasteiger partial charge in [-0.2, -0.15) is 9.29 Å². The zero-order valence-electron chi connectivity index (χ0n) is 18.3. The summed E-state index contributed by atoms with van der Waals surface area (Å²) in [6.45, 7) is 3.23. The van der Waals surface area contributed by atoms with E-state index in [4.69, 9.17) is 9.26 Å². The molecular weight excluding hydrogens is 444 g/mol. The molecule has 0 aliphatic carbocycles. The van der Waals surface area contributed by atoms with Gasteiger partial charge >= 0.3 is 0 Å². The maximum atomic E-state index is 12.7. The van der Waals surface area contributed by atoms with Gasteiger partial charge in [0.1, 0.15) is 5.75 Å². The number of aromatic nitrogens is 2. The first-order valence-corrected chi connectivity index (χ1v) is 12.3. The van der Waals surface area contributed by atoms with E-state index in [2.05, 4.69) is 15.5 Å². The minimum Gasteiger partial charge on any atom is -0.494 e. The van der Waals surface area contributed by atoms with Gasteiger partial charge in [-0.15, -0.1) is 0 Å². The number of nitrogens with one attached hydrogen (secondary N) is 1. The van der Waals surface area contributed by atoms with Gasteiger partial charge in [-0.3, -0.25) is 4.79 Å². The topological polar surface area (TPSA) is 115 Å². The Kier molecular flexibility index (Phi) is 7.05. The maximum absolute atomic E-state index is 12.7. The van der Waals surface area contributed by atoms with Gasteiger partial charge in [-0.25, -0.2) is 8.42 Å². The van der Waals surface area contributed by atoms with Crippen LogP contribution in [0.3, 0.4) is 0 Å². The lowest BCUT2D eigenvalue weighted by Gasteiger charge is -2.30. The van der Waals surface area contributed by atoms with E-state index < -0.39 is 10.0 Å². The number of carbonyl (C=O) groups is 1. The molecule has 0 spiro atoms. The molecule has 10 heteroatoms. The fourth-order valence-electron chi connectivity index (χ4n) is 3.72. The molecule has 1 saturated heterocycles. The van der Waals surface area contributed by atoms with Gasteiger partial charge in [0.15, 0.2) is 0 Å². The van der Waals surface area contributed by atoms with Gasteiger partial charge in [-0.1, -0.05) is 23.4 Å². The number of amides is 1. The van der Waals surface area contributed by atoms with Crippen molar-refractivity contribution in [3.8, 4) is 17.1 Å². The maximum Gasteiger partial charge on any atom is 0.246 e. The summed E-state index contributed by atoms with van der Waals surface area (Å²) in [5.41, 5.74) is 0.784. The Hall–Kier alpha value is -3.24. The number of hydrogen-bond acceptors (Lipinski definition) is 7. The molecule has 174 valence electrons. The average Bonchev–Trinajstić information content (AvgIpc) is 3.33. The Bertz CT molecular complexity index is 1170. The molecule has 2 aromatic carbocycles. The number of piperidine rings is 1. The van der Waals surface area contributed by atoms with E-state index >= 15 is 0 Å². The summed E-state index contributed by atoms with van der Waals surface area (Å²) in [6.07, 6.45) is 0.915. The summed E-state index contributed by atoms with van der Waals surface area (Å²) in [5, 5.41) is 6.79. The van der Waals surface area contributed by atoms with E-state index in [1.165, 1.54) is 4.31 Å². The molecule has 0 saturated carbocycles. The van der Waals surface area contributed by atoms with Gasteiger partial charge in [0, 0.05) is 24.6 Å². The van der Waals surface area contributed by atoms with Crippen molar-refractivity contribution in [1.82, 2.24) is 19.8 Å². The van der Waals surface area contributed by atoms with Crippen LogP contribution in [0.5, 0.6) is 5.75 Å². The van der Waals surface area contributed by atoms with Crippen molar-refractivity contribution < 1.29 is 22.5 Å². The first-order valence-electron chi connectivity index (χ1n) is 10.9. The zero-order chi connectivity index (χ0) is 23.3. The molecule has 33 heavy (non-hydrogen) atoms. The number of rotatable bonds is 8. The Balaban J connectivity index is 1.28. The third-order valence-corrected chi connectivity index (χ3v) is 7.42. The second-order valence-corrected chi connectivity index (χ2v) is 9.62. The fourth-order valence-corrected chi connectivity index (χ4v) is 5.21. The number of hydrogen-bond donors (Lipinski definition) is 1. The Morgan fingerprint density at radius 1 is 1.12 bits per heavy atom. The lowest BCUT2D eigenvalue weighted by Crippen LogP contribution is -2.42. The summed E-state index contributed by atoms with van der Waals surface area (Å²) in [4.78, 5) is 17.2. The quantitative estimate of drug-likeness (QED) is 0.538. The molecule has 1 aliphatic heterocycles. The number of sulfonamides is 1. The number of benzene rings is 2. The summed E-state index contributed by atoms with van der Waals surface area (Å²) in [6, 6.07) is 15.7. The molecule has 0 bridgehead atoms. The van der Waals surface area contributed by atoms with E-state index in [1.54, 1.807) is 30.3 Å². The average molecular weight is 471 g/mol. The van der Waals surface area contributed by atoms with Crippen LogP contribution in [0.25, 0.3) is 11.4 Å². The third kappa shape index (κ3) is 5.40. The van der Waals surface area contributed by atoms with Crippen LogP contribution in [0.4, 0.5) is 0 Å². The lowest BCUT2D eigenvalue weighted by atomic mass is 9.97. The Labute approximate surface area is 192 Å². The van der Waals surface area contributed by atoms with E-state index in [9.17, 15) is 13.2 Å². The standard InChI is InChI=1S/C23H26N4O5S/c1-2-31-19-10-8-17(9-11-19)22-25-21(32-26-22)16-24-23(28)18-12-14-27(15-13-18)33(29,30)20-6-4-3-5-7-20/h3-11,18H,2,12-16H2,1H3,(H,24,28). The van der Waals surface area contributed by atoms with Crippen LogP contribution in [-0.2, 0) is 21.4 Å². The third-order valence-electron chi connectivity index (χ3n) is 5.51. The Morgan fingerprint density at radius 2 is 1.82 bits per heavy atom.